The Morgan fingerprint density at radius 3 is 2.47 bits per heavy atom. The van der Waals surface area contributed by atoms with Crippen molar-refractivity contribution in [1.29, 1.82) is 0 Å². The van der Waals surface area contributed by atoms with Crippen molar-refractivity contribution < 1.29 is 0 Å². The van der Waals surface area contributed by atoms with Crippen LogP contribution < -0.4 is 16.4 Å². The Bertz CT molecular complexity index is 546. The lowest BCUT2D eigenvalue weighted by molar-refractivity contribution is 0.999. The molecule has 86 valence electrons. The molecule has 3 nitrogen and oxygen atoms in total. The van der Waals surface area contributed by atoms with Crippen LogP contribution in [0.5, 0.6) is 0 Å². The molecule has 0 radical (unpaired) electrons. The summed E-state index contributed by atoms with van der Waals surface area (Å²) in [7, 11) is 0. The second-order valence-corrected chi connectivity index (χ2v) is 4.34. The second kappa shape index (κ2) is 3.70. The minimum Gasteiger partial charge on any atom is -0.399 e. The van der Waals surface area contributed by atoms with Crippen LogP contribution >= 0.6 is 0 Å². The van der Waals surface area contributed by atoms with Crippen molar-refractivity contribution in [3.05, 3.63) is 48.0 Å². The normalized spacial score (nSPS) is 13.8. The van der Waals surface area contributed by atoms with Gasteiger partial charge >= 0.3 is 0 Å². The first kappa shape index (κ1) is 10.0. The number of hydrogen-bond donors (Lipinski definition) is 2. The summed E-state index contributed by atoms with van der Waals surface area (Å²) < 4.78 is 0. The monoisotopic (exact) mass is 225 g/mol. The van der Waals surface area contributed by atoms with Crippen LogP contribution in [0.1, 0.15) is 5.56 Å². The molecule has 3 heteroatoms. The molecule has 4 N–H and O–H groups in total. The van der Waals surface area contributed by atoms with Gasteiger partial charge in [-0.05, 0) is 42.8 Å². The average molecular weight is 225 g/mol. The predicted molar refractivity (Wildman–Crippen MR) is 72.4 cm³/mol. The first-order valence-corrected chi connectivity index (χ1v) is 5.76. The third kappa shape index (κ3) is 1.60. The molecule has 0 amide bonds. The number of hydrogen-bond acceptors (Lipinski definition) is 3. The van der Waals surface area contributed by atoms with Gasteiger partial charge in [0.25, 0.3) is 0 Å². The van der Waals surface area contributed by atoms with E-state index < -0.39 is 0 Å². The zero-order valence-corrected chi connectivity index (χ0v) is 9.56. The largest absolute Gasteiger partial charge is 0.399 e. The van der Waals surface area contributed by atoms with Gasteiger partial charge in [-0.15, -0.1) is 0 Å². The lowest BCUT2D eigenvalue weighted by Gasteiger charge is -2.19. The van der Waals surface area contributed by atoms with Gasteiger partial charge in [-0.2, -0.15) is 0 Å². The highest BCUT2D eigenvalue weighted by atomic mass is 15.2. The van der Waals surface area contributed by atoms with E-state index in [0.717, 1.165) is 24.3 Å². The summed E-state index contributed by atoms with van der Waals surface area (Å²) >= 11 is 0. The molecule has 2 aromatic rings. The Labute approximate surface area is 101 Å². The number of benzene rings is 2. The van der Waals surface area contributed by atoms with Crippen LogP contribution in [0.25, 0.3) is 0 Å². The Balaban J connectivity index is 2.04. The lowest BCUT2D eigenvalue weighted by Crippen LogP contribution is -2.12. The van der Waals surface area contributed by atoms with E-state index in [4.69, 9.17) is 11.5 Å². The third-order valence-corrected chi connectivity index (χ3v) is 3.27. The van der Waals surface area contributed by atoms with Crippen molar-refractivity contribution in [2.75, 3.05) is 22.9 Å². The predicted octanol–water partition coefficient (Wildman–Crippen LogP) is 2.55. The lowest BCUT2D eigenvalue weighted by atomic mass is 10.1. The minimum absolute atomic E-state index is 0.792. The SMILES string of the molecule is Nc1ccc(N2CCc3c(N)cccc32)cc1. The molecule has 0 atom stereocenters. The Morgan fingerprint density at radius 1 is 0.941 bits per heavy atom. The average Bonchev–Trinajstić information content (AvgIpc) is 2.75. The Kier molecular flexibility index (Phi) is 2.18. The maximum Gasteiger partial charge on any atom is 0.0464 e. The molecule has 0 aromatic heterocycles. The van der Waals surface area contributed by atoms with E-state index in [1.54, 1.807) is 0 Å². The number of nitrogens with zero attached hydrogens (tertiary/aromatic N) is 1. The van der Waals surface area contributed by atoms with Crippen LogP contribution in [0.15, 0.2) is 42.5 Å². The van der Waals surface area contributed by atoms with Gasteiger partial charge in [-0.3, -0.25) is 0 Å². The molecule has 2 aromatic carbocycles. The van der Waals surface area contributed by atoms with Crippen LogP contribution in [0.3, 0.4) is 0 Å². The van der Waals surface area contributed by atoms with Crippen molar-refractivity contribution >= 4 is 22.7 Å². The summed E-state index contributed by atoms with van der Waals surface area (Å²) in [4.78, 5) is 2.28. The van der Waals surface area contributed by atoms with Gasteiger partial charge in [0, 0.05) is 34.9 Å². The summed E-state index contributed by atoms with van der Waals surface area (Å²) in [6.07, 6.45) is 1.01. The summed E-state index contributed by atoms with van der Waals surface area (Å²) in [6, 6.07) is 14.0. The van der Waals surface area contributed by atoms with E-state index in [9.17, 15) is 0 Å². The number of fused-ring (bicyclic) bond motifs is 1. The van der Waals surface area contributed by atoms with E-state index in [0.29, 0.717) is 0 Å². The number of anilines is 4. The van der Waals surface area contributed by atoms with E-state index in [2.05, 4.69) is 11.0 Å². The van der Waals surface area contributed by atoms with Crippen molar-refractivity contribution in [3.63, 3.8) is 0 Å². The van der Waals surface area contributed by atoms with Crippen molar-refractivity contribution in [2.24, 2.45) is 0 Å². The summed E-state index contributed by atoms with van der Waals surface area (Å²) in [5.74, 6) is 0. The topological polar surface area (TPSA) is 55.3 Å². The summed E-state index contributed by atoms with van der Waals surface area (Å²) in [6.45, 7) is 0.980. The van der Waals surface area contributed by atoms with Gasteiger partial charge in [0.15, 0.2) is 0 Å². The van der Waals surface area contributed by atoms with Crippen molar-refractivity contribution in [3.8, 4) is 0 Å². The van der Waals surface area contributed by atoms with Gasteiger partial charge in [-0.1, -0.05) is 6.07 Å². The van der Waals surface area contributed by atoms with Crippen LogP contribution in [-0.2, 0) is 6.42 Å². The van der Waals surface area contributed by atoms with Gasteiger partial charge in [0.1, 0.15) is 0 Å². The molecule has 1 aliphatic rings. The molecular weight excluding hydrogens is 210 g/mol. The molecule has 0 aliphatic carbocycles. The molecular formula is C14H15N3. The minimum atomic E-state index is 0.792. The van der Waals surface area contributed by atoms with E-state index in [1.807, 2.05) is 36.4 Å². The van der Waals surface area contributed by atoms with Crippen LogP contribution in [0.4, 0.5) is 22.7 Å². The maximum absolute atomic E-state index is 5.99. The molecule has 0 fully saturated rings. The number of nitrogens with two attached hydrogens (primary N) is 2. The molecule has 0 spiro atoms. The highest BCUT2D eigenvalue weighted by Gasteiger charge is 2.21. The highest BCUT2D eigenvalue weighted by Crippen LogP contribution is 2.37. The van der Waals surface area contributed by atoms with Crippen molar-refractivity contribution in [1.82, 2.24) is 0 Å². The highest BCUT2D eigenvalue weighted by molar-refractivity contribution is 5.75. The molecule has 0 unspecified atom stereocenters. The molecule has 0 saturated carbocycles. The molecule has 17 heavy (non-hydrogen) atoms. The van der Waals surface area contributed by atoms with E-state index >= 15 is 0 Å². The Hall–Kier alpha value is -2.16. The first-order valence-electron chi connectivity index (χ1n) is 5.76. The smallest absolute Gasteiger partial charge is 0.0464 e. The molecule has 0 saturated heterocycles. The van der Waals surface area contributed by atoms with Gasteiger partial charge in [0.05, 0.1) is 0 Å². The fourth-order valence-corrected chi connectivity index (χ4v) is 2.38. The fourth-order valence-electron chi connectivity index (χ4n) is 2.38. The number of rotatable bonds is 1. The standard InChI is InChI=1S/C14H15N3/c15-10-4-6-11(7-5-10)17-9-8-12-13(16)2-1-3-14(12)17/h1-7H,8-9,15-16H2. The maximum atomic E-state index is 5.99. The third-order valence-electron chi connectivity index (χ3n) is 3.27. The van der Waals surface area contributed by atoms with Gasteiger partial charge in [0.2, 0.25) is 0 Å². The molecule has 1 aliphatic heterocycles. The Morgan fingerprint density at radius 2 is 1.71 bits per heavy atom. The first-order chi connectivity index (χ1) is 8.25. The quantitative estimate of drug-likeness (QED) is 0.733. The van der Waals surface area contributed by atoms with E-state index in [-0.39, 0.29) is 0 Å². The van der Waals surface area contributed by atoms with E-state index in [1.165, 1.54) is 16.9 Å². The zero-order chi connectivity index (χ0) is 11.8. The van der Waals surface area contributed by atoms with Gasteiger partial charge < -0.3 is 16.4 Å². The molecule has 3 rings (SSSR count). The van der Waals surface area contributed by atoms with Gasteiger partial charge in [-0.25, -0.2) is 0 Å². The van der Waals surface area contributed by atoms with Crippen LogP contribution in [-0.4, -0.2) is 6.54 Å². The zero-order valence-electron chi connectivity index (χ0n) is 9.56. The summed E-state index contributed by atoms with van der Waals surface area (Å²) in [5.41, 5.74) is 17.0. The summed E-state index contributed by atoms with van der Waals surface area (Å²) in [5, 5.41) is 0. The number of nitrogen functional groups attached to an aromatic ring is 2. The van der Waals surface area contributed by atoms with Crippen LogP contribution in [0, 0.1) is 0 Å². The second-order valence-electron chi connectivity index (χ2n) is 4.34. The van der Waals surface area contributed by atoms with Crippen molar-refractivity contribution in [2.45, 2.75) is 6.42 Å². The molecule has 1 heterocycles. The van der Waals surface area contributed by atoms with Crippen LogP contribution in [0.2, 0.25) is 0 Å². The molecule has 0 bridgehead atoms. The fraction of sp³-hybridized carbons (Fsp3) is 0.143.